The van der Waals surface area contributed by atoms with E-state index in [0.29, 0.717) is 13.0 Å². The van der Waals surface area contributed by atoms with Crippen LogP contribution in [0.1, 0.15) is 23.7 Å². The molecule has 0 unspecified atom stereocenters. The van der Waals surface area contributed by atoms with Gasteiger partial charge in [0.05, 0.1) is 10.5 Å². The van der Waals surface area contributed by atoms with Crippen molar-refractivity contribution >= 4 is 25.6 Å². The smallest absolute Gasteiger partial charge is 0.261 e. The molecular formula is C10H11ClFNO3S. The summed E-state index contributed by atoms with van der Waals surface area (Å²) in [5, 5.41) is 2.45. The quantitative estimate of drug-likeness (QED) is 0.856. The van der Waals surface area contributed by atoms with Crippen molar-refractivity contribution in [1.82, 2.24) is 5.32 Å². The lowest BCUT2D eigenvalue weighted by Gasteiger charge is -2.05. The van der Waals surface area contributed by atoms with Crippen molar-refractivity contribution in [2.24, 2.45) is 0 Å². The van der Waals surface area contributed by atoms with Crippen molar-refractivity contribution < 1.29 is 17.6 Å². The van der Waals surface area contributed by atoms with Crippen LogP contribution in [0.2, 0.25) is 0 Å². The van der Waals surface area contributed by atoms with E-state index in [9.17, 15) is 17.6 Å². The highest BCUT2D eigenvalue weighted by Crippen LogP contribution is 2.18. The Morgan fingerprint density at radius 2 is 2.12 bits per heavy atom. The van der Waals surface area contributed by atoms with Crippen LogP contribution in [0, 0.1) is 5.82 Å². The number of carbonyl (C=O) groups is 1. The van der Waals surface area contributed by atoms with Gasteiger partial charge in [0.25, 0.3) is 15.0 Å². The van der Waals surface area contributed by atoms with Crippen LogP contribution in [0.5, 0.6) is 0 Å². The van der Waals surface area contributed by atoms with E-state index in [-0.39, 0.29) is 10.5 Å². The Kier molecular flexibility index (Phi) is 4.47. The van der Waals surface area contributed by atoms with E-state index in [1.165, 1.54) is 0 Å². The third kappa shape index (κ3) is 3.67. The monoisotopic (exact) mass is 279 g/mol. The van der Waals surface area contributed by atoms with Crippen molar-refractivity contribution in [3.63, 3.8) is 0 Å². The van der Waals surface area contributed by atoms with Gasteiger partial charge in [-0.25, -0.2) is 12.8 Å². The second-order valence-corrected chi connectivity index (χ2v) is 5.90. The van der Waals surface area contributed by atoms with Gasteiger partial charge < -0.3 is 5.32 Å². The number of rotatable bonds is 4. The first-order valence-electron chi connectivity index (χ1n) is 4.88. The van der Waals surface area contributed by atoms with Crippen LogP contribution in [0.3, 0.4) is 0 Å². The van der Waals surface area contributed by atoms with Crippen LogP contribution in [-0.2, 0) is 9.05 Å². The summed E-state index contributed by atoms with van der Waals surface area (Å²) in [4.78, 5) is 11.2. The van der Waals surface area contributed by atoms with Crippen LogP contribution in [-0.4, -0.2) is 20.9 Å². The fourth-order valence-corrected chi connectivity index (χ4v) is 1.94. The molecule has 0 radical (unpaired) electrons. The molecule has 0 spiro atoms. The standard InChI is InChI=1S/C10H11ClFNO3S/c1-2-5-13-10(14)8-6-7(17(11,15)16)3-4-9(8)12/h3-4,6H,2,5H2,1H3,(H,13,14). The summed E-state index contributed by atoms with van der Waals surface area (Å²) in [6, 6.07) is 2.83. The zero-order valence-electron chi connectivity index (χ0n) is 9.04. The van der Waals surface area contributed by atoms with Crippen molar-refractivity contribution in [2.45, 2.75) is 18.2 Å². The van der Waals surface area contributed by atoms with Gasteiger partial charge in [0.2, 0.25) is 0 Å². The van der Waals surface area contributed by atoms with E-state index in [0.717, 1.165) is 18.2 Å². The van der Waals surface area contributed by atoms with E-state index in [4.69, 9.17) is 10.7 Å². The van der Waals surface area contributed by atoms with Crippen LogP contribution in [0.25, 0.3) is 0 Å². The molecule has 0 heterocycles. The van der Waals surface area contributed by atoms with Gasteiger partial charge in [-0.2, -0.15) is 0 Å². The van der Waals surface area contributed by atoms with Gasteiger partial charge in [-0.3, -0.25) is 4.79 Å². The average Bonchev–Trinajstić information content (AvgIpc) is 2.24. The summed E-state index contributed by atoms with van der Waals surface area (Å²) in [6.45, 7) is 2.23. The first-order chi connectivity index (χ1) is 7.86. The fraction of sp³-hybridized carbons (Fsp3) is 0.300. The zero-order chi connectivity index (χ0) is 13.1. The summed E-state index contributed by atoms with van der Waals surface area (Å²) in [5.74, 6) is -1.45. The van der Waals surface area contributed by atoms with Gasteiger partial charge >= 0.3 is 0 Å². The van der Waals surface area contributed by atoms with Gasteiger partial charge in [-0.05, 0) is 24.6 Å². The number of hydrogen-bond donors (Lipinski definition) is 1. The fourth-order valence-electron chi connectivity index (χ4n) is 1.16. The Morgan fingerprint density at radius 3 is 2.65 bits per heavy atom. The number of benzene rings is 1. The van der Waals surface area contributed by atoms with Gasteiger partial charge in [0.15, 0.2) is 0 Å². The maximum atomic E-state index is 13.3. The lowest BCUT2D eigenvalue weighted by molar-refractivity contribution is 0.0949. The molecule has 0 aliphatic rings. The first kappa shape index (κ1) is 13.9. The molecule has 0 fully saturated rings. The number of nitrogens with one attached hydrogen (secondary N) is 1. The van der Waals surface area contributed by atoms with Crippen molar-refractivity contribution in [3.05, 3.63) is 29.6 Å². The molecule has 0 saturated carbocycles. The van der Waals surface area contributed by atoms with Crippen LogP contribution in [0.4, 0.5) is 4.39 Å². The highest BCUT2D eigenvalue weighted by atomic mass is 35.7. The highest BCUT2D eigenvalue weighted by molar-refractivity contribution is 8.13. The predicted octanol–water partition coefficient (Wildman–Crippen LogP) is 1.89. The second-order valence-electron chi connectivity index (χ2n) is 3.34. The van der Waals surface area contributed by atoms with Gasteiger partial charge in [-0.15, -0.1) is 0 Å². The van der Waals surface area contributed by atoms with Gasteiger partial charge in [-0.1, -0.05) is 6.92 Å². The molecule has 4 nitrogen and oxygen atoms in total. The molecule has 7 heteroatoms. The molecule has 0 aliphatic heterocycles. The van der Waals surface area contributed by atoms with Gasteiger partial charge in [0, 0.05) is 17.2 Å². The molecule has 1 rings (SSSR count). The number of carbonyl (C=O) groups excluding carboxylic acids is 1. The Bertz CT molecular complexity index is 530. The topological polar surface area (TPSA) is 63.2 Å². The summed E-state index contributed by atoms with van der Waals surface area (Å²) < 4.78 is 35.4. The molecule has 0 aromatic heterocycles. The SMILES string of the molecule is CCCNC(=O)c1cc(S(=O)(=O)Cl)ccc1F. The molecule has 1 aromatic carbocycles. The third-order valence-corrected chi connectivity index (χ3v) is 3.35. The predicted molar refractivity (Wildman–Crippen MR) is 62.1 cm³/mol. The maximum Gasteiger partial charge on any atom is 0.261 e. The number of hydrogen-bond acceptors (Lipinski definition) is 3. The van der Waals surface area contributed by atoms with E-state index < -0.39 is 20.8 Å². The van der Waals surface area contributed by atoms with E-state index in [1.807, 2.05) is 6.92 Å². The minimum atomic E-state index is -3.97. The van der Waals surface area contributed by atoms with Gasteiger partial charge in [0.1, 0.15) is 5.82 Å². The molecule has 1 amide bonds. The van der Waals surface area contributed by atoms with Crippen molar-refractivity contribution in [1.29, 1.82) is 0 Å². The molecule has 1 aromatic rings. The Labute approximate surface area is 103 Å². The van der Waals surface area contributed by atoms with Crippen LogP contribution in [0.15, 0.2) is 23.1 Å². The van der Waals surface area contributed by atoms with Crippen LogP contribution < -0.4 is 5.32 Å². The van der Waals surface area contributed by atoms with Crippen LogP contribution >= 0.6 is 10.7 Å². The molecule has 0 bridgehead atoms. The molecule has 94 valence electrons. The normalized spacial score (nSPS) is 11.2. The minimum Gasteiger partial charge on any atom is -0.352 e. The Morgan fingerprint density at radius 1 is 1.47 bits per heavy atom. The van der Waals surface area contributed by atoms with E-state index in [2.05, 4.69) is 5.32 Å². The maximum absolute atomic E-state index is 13.3. The van der Waals surface area contributed by atoms with Crippen molar-refractivity contribution in [2.75, 3.05) is 6.54 Å². The molecule has 0 aliphatic carbocycles. The number of amides is 1. The largest absolute Gasteiger partial charge is 0.352 e. The van der Waals surface area contributed by atoms with E-state index >= 15 is 0 Å². The lowest BCUT2D eigenvalue weighted by Crippen LogP contribution is -2.25. The Hall–Kier alpha value is -1.14. The highest BCUT2D eigenvalue weighted by Gasteiger charge is 2.17. The molecule has 1 N–H and O–H groups in total. The summed E-state index contributed by atoms with van der Waals surface area (Å²) >= 11 is 0. The lowest BCUT2D eigenvalue weighted by atomic mass is 10.2. The summed E-state index contributed by atoms with van der Waals surface area (Å²) in [6.07, 6.45) is 0.695. The third-order valence-electron chi connectivity index (χ3n) is 2.00. The first-order valence-corrected chi connectivity index (χ1v) is 7.19. The summed E-state index contributed by atoms with van der Waals surface area (Å²) in [7, 11) is 1.14. The summed E-state index contributed by atoms with van der Waals surface area (Å²) in [5.41, 5.74) is -0.333. The molecular weight excluding hydrogens is 269 g/mol. The minimum absolute atomic E-state index is 0.304. The van der Waals surface area contributed by atoms with Crippen molar-refractivity contribution in [3.8, 4) is 0 Å². The molecule has 0 saturated heterocycles. The Balaban J connectivity index is 3.11. The average molecular weight is 280 g/mol. The zero-order valence-corrected chi connectivity index (χ0v) is 10.6. The molecule has 0 atom stereocenters. The molecule has 17 heavy (non-hydrogen) atoms. The van der Waals surface area contributed by atoms with E-state index in [1.54, 1.807) is 0 Å². The number of halogens is 2. The second kappa shape index (κ2) is 5.46.